The minimum Gasteiger partial charge on any atom is -0.496 e. The number of Topliss-reactive ketones (excluding diaryl/α,β-unsaturated/α-hetero) is 1. The van der Waals surface area contributed by atoms with Gasteiger partial charge in [0.2, 0.25) is 0 Å². The maximum atomic E-state index is 13.4. The highest BCUT2D eigenvalue weighted by Crippen LogP contribution is 2.48. The van der Waals surface area contributed by atoms with E-state index < -0.39 is 17.3 Å². The van der Waals surface area contributed by atoms with Crippen LogP contribution in [0.4, 0.5) is 0 Å². The molecule has 5 heteroatoms. The van der Waals surface area contributed by atoms with Gasteiger partial charge in [0.1, 0.15) is 5.75 Å². The number of rotatable bonds is 4. The summed E-state index contributed by atoms with van der Waals surface area (Å²) in [7, 11) is 1.60. The summed E-state index contributed by atoms with van der Waals surface area (Å²) in [6, 6.07) is 7.55. The molecular formula is C22H27NO4. The molecule has 0 fully saturated rings. The minimum absolute atomic E-state index is 0.0708. The largest absolute Gasteiger partial charge is 0.496 e. The highest BCUT2D eigenvalue weighted by Gasteiger charge is 2.45. The van der Waals surface area contributed by atoms with Gasteiger partial charge in [0.25, 0.3) is 0 Å². The molecule has 1 aliphatic carbocycles. The number of hydrogen-bond acceptors (Lipinski definition) is 5. The molecule has 0 amide bonds. The molecule has 1 N–H and O–H groups in total. The van der Waals surface area contributed by atoms with E-state index in [9.17, 15) is 9.59 Å². The summed E-state index contributed by atoms with van der Waals surface area (Å²) >= 11 is 0. The molecule has 0 spiro atoms. The molecule has 0 radical (unpaired) electrons. The summed E-state index contributed by atoms with van der Waals surface area (Å²) in [6.07, 6.45) is 1.55. The second-order valence-electron chi connectivity index (χ2n) is 7.66. The number of ketones is 1. The Kier molecular flexibility index (Phi) is 5.13. The van der Waals surface area contributed by atoms with E-state index in [2.05, 4.69) is 5.32 Å². The van der Waals surface area contributed by atoms with E-state index in [1.165, 1.54) is 0 Å². The zero-order valence-corrected chi connectivity index (χ0v) is 16.6. The topological polar surface area (TPSA) is 64.6 Å². The number of methoxy groups -OCH3 is 1. The first-order chi connectivity index (χ1) is 12.8. The van der Waals surface area contributed by atoms with E-state index in [-0.39, 0.29) is 12.4 Å². The van der Waals surface area contributed by atoms with Crippen LogP contribution >= 0.6 is 0 Å². The van der Waals surface area contributed by atoms with Crippen LogP contribution in [0.1, 0.15) is 52.0 Å². The number of dihydropyridines is 1. The van der Waals surface area contributed by atoms with Crippen LogP contribution in [0.3, 0.4) is 0 Å². The van der Waals surface area contributed by atoms with Gasteiger partial charge in [0, 0.05) is 27.9 Å². The van der Waals surface area contributed by atoms with Crippen molar-refractivity contribution in [2.45, 2.75) is 46.5 Å². The highest BCUT2D eigenvalue weighted by molar-refractivity contribution is 6.06. The summed E-state index contributed by atoms with van der Waals surface area (Å²) in [4.78, 5) is 26.2. The van der Waals surface area contributed by atoms with Crippen molar-refractivity contribution in [3.63, 3.8) is 0 Å². The molecule has 1 aliphatic heterocycles. The van der Waals surface area contributed by atoms with Gasteiger partial charge in [-0.05, 0) is 32.8 Å². The van der Waals surface area contributed by atoms with E-state index in [0.29, 0.717) is 16.9 Å². The number of benzene rings is 1. The molecule has 1 atom stereocenters. The number of esters is 1. The first-order valence-corrected chi connectivity index (χ1v) is 9.37. The van der Waals surface area contributed by atoms with Crippen LogP contribution in [0, 0.1) is 5.41 Å². The molecule has 0 bridgehead atoms. The van der Waals surface area contributed by atoms with Gasteiger partial charge in [0.15, 0.2) is 5.78 Å². The zero-order chi connectivity index (χ0) is 19.8. The Hall–Kier alpha value is -2.56. The van der Waals surface area contributed by atoms with Crippen LogP contribution in [0.2, 0.25) is 0 Å². The molecule has 0 aromatic heterocycles. The Morgan fingerprint density at radius 1 is 1.30 bits per heavy atom. The summed E-state index contributed by atoms with van der Waals surface area (Å²) in [5.74, 6) is -0.173. The van der Waals surface area contributed by atoms with E-state index >= 15 is 0 Å². The van der Waals surface area contributed by atoms with Crippen molar-refractivity contribution in [2.24, 2.45) is 5.41 Å². The smallest absolute Gasteiger partial charge is 0.336 e. The molecule has 1 aromatic carbocycles. The van der Waals surface area contributed by atoms with E-state index in [4.69, 9.17) is 9.47 Å². The van der Waals surface area contributed by atoms with Gasteiger partial charge in [-0.25, -0.2) is 4.79 Å². The van der Waals surface area contributed by atoms with Gasteiger partial charge in [-0.2, -0.15) is 0 Å². The van der Waals surface area contributed by atoms with Gasteiger partial charge < -0.3 is 14.8 Å². The van der Waals surface area contributed by atoms with Gasteiger partial charge in [-0.1, -0.05) is 32.0 Å². The number of carbonyl (C=O) groups is 2. The minimum atomic E-state index is -0.497. The standard InChI is InChI=1S/C22H27NO4/c1-6-27-21(25)17-13(2)23-15-11-12-22(3,4)20(24)19(15)18(17)14-9-7-8-10-16(14)26-5/h7-10,18,23H,6,11-12H2,1-5H3. The fourth-order valence-corrected chi connectivity index (χ4v) is 3.97. The molecular weight excluding hydrogens is 342 g/mol. The van der Waals surface area contributed by atoms with Gasteiger partial charge in [0.05, 0.1) is 25.2 Å². The lowest BCUT2D eigenvalue weighted by molar-refractivity contribution is -0.138. The molecule has 3 rings (SSSR count). The fourth-order valence-electron chi connectivity index (χ4n) is 3.97. The molecule has 1 heterocycles. The average Bonchev–Trinajstić information content (AvgIpc) is 2.64. The van der Waals surface area contributed by atoms with Crippen LogP contribution in [0.15, 0.2) is 46.8 Å². The molecule has 27 heavy (non-hydrogen) atoms. The van der Waals surface area contributed by atoms with Crippen LogP contribution in [0.25, 0.3) is 0 Å². The van der Waals surface area contributed by atoms with Crippen LogP contribution < -0.4 is 10.1 Å². The average molecular weight is 369 g/mol. The zero-order valence-electron chi connectivity index (χ0n) is 16.6. The summed E-state index contributed by atoms with van der Waals surface area (Å²) in [5, 5.41) is 3.31. The monoisotopic (exact) mass is 369 g/mol. The van der Waals surface area contributed by atoms with Crippen molar-refractivity contribution in [1.82, 2.24) is 5.32 Å². The Morgan fingerprint density at radius 2 is 2.00 bits per heavy atom. The third kappa shape index (κ3) is 3.27. The lowest BCUT2D eigenvalue weighted by atomic mass is 9.67. The predicted molar refractivity (Wildman–Crippen MR) is 103 cm³/mol. The molecule has 0 saturated carbocycles. The first kappa shape index (κ1) is 19.2. The van der Waals surface area contributed by atoms with Crippen molar-refractivity contribution < 1.29 is 19.1 Å². The molecule has 1 aromatic rings. The lowest BCUT2D eigenvalue weighted by Gasteiger charge is -2.39. The van der Waals surface area contributed by atoms with Crippen molar-refractivity contribution in [2.75, 3.05) is 13.7 Å². The SMILES string of the molecule is CCOC(=O)C1=C(C)NC2=C(C(=O)C(C)(C)CC2)C1c1ccccc1OC. The van der Waals surface area contributed by atoms with Gasteiger partial charge in [-0.3, -0.25) is 4.79 Å². The second kappa shape index (κ2) is 7.22. The summed E-state index contributed by atoms with van der Waals surface area (Å²) < 4.78 is 10.9. The number of nitrogens with one attached hydrogen (secondary N) is 1. The normalized spacial score (nSPS) is 21.5. The third-order valence-electron chi connectivity index (χ3n) is 5.45. The molecule has 0 saturated heterocycles. The first-order valence-electron chi connectivity index (χ1n) is 9.37. The Labute approximate surface area is 160 Å². The number of ether oxygens (including phenoxy) is 2. The maximum absolute atomic E-state index is 13.4. The Bertz CT molecular complexity index is 848. The highest BCUT2D eigenvalue weighted by atomic mass is 16.5. The van der Waals surface area contributed by atoms with Crippen molar-refractivity contribution in [3.8, 4) is 5.75 Å². The van der Waals surface area contributed by atoms with Crippen molar-refractivity contribution >= 4 is 11.8 Å². The molecule has 1 unspecified atom stereocenters. The molecule has 5 nitrogen and oxygen atoms in total. The van der Waals surface area contributed by atoms with Crippen LogP contribution in [-0.2, 0) is 14.3 Å². The van der Waals surface area contributed by atoms with Crippen LogP contribution in [-0.4, -0.2) is 25.5 Å². The summed E-state index contributed by atoms with van der Waals surface area (Å²) in [5.41, 5.74) is 3.11. The number of para-hydroxylation sites is 1. The van der Waals surface area contributed by atoms with Crippen molar-refractivity contribution in [1.29, 1.82) is 0 Å². The third-order valence-corrected chi connectivity index (χ3v) is 5.45. The van der Waals surface area contributed by atoms with E-state index in [1.807, 2.05) is 45.0 Å². The molecule has 144 valence electrons. The van der Waals surface area contributed by atoms with Crippen molar-refractivity contribution in [3.05, 3.63) is 52.4 Å². The van der Waals surface area contributed by atoms with Gasteiger partial charge in [-0.15, -0.1) is 0 Å². The predicted octanol–water partition coefficient (Wildman–Crippen LogP) is 3.86. The summed E-state index contributed by atoms with van der Waals surface area (Å²) in [6.45, 7) is 7.85. The number of hydrogen-bond donors (Lipinski definition) is 1. The number of carbonyl (C=O) groups excluding carboxylic acids is 2. The lowest BCUT2D eigenvalue weighted by Crippen LogP contribution is -2.40. The molecule has 2 aliphatic rings. The number of allylic oxidation sites excluding steroid dienone is 3. The quantitative estimate of drug-likeness (QED) is 0.817. The second-order valence-corrected chi connectivity index (χ2v) is 7.66. The van der Waals surface area contributed by atoms with Crippen LogP contribution in [0.5, 0.6) is 5.75 Å². The maximum Gasteiger partial charge on any atom is 0.336 e. The van der Waals surface area contributed by atoms with E-state index in [0.717, 1.165) is 29.8 Å². The Balaban J connectivity index is 2.24. The van der Waals surface area contributed by atoms with E-state index in [1.54, 1.807) is 14.0 Å². The van der Waals surface area contributed by atoms with Gasteiger partial charge >= 0.3 is 5.97 Å². The Morgan fingerprint density at radius 3 is 2.67 bits per heavy atom. The fraction of sp³-hybridized carbons (Fsp3) is 0.455.